The fourth-order valence-electron chi connectivity index (χ4n) is 2.48. The van der Waals surface area contributed by atoms with Crippen molar-refractivity contribution in [2.24, 2.45) is 0 Å². The minimum absolute atomic E-state index is 0.0407. The van der Waals surface area contributed by atoms with Crippen molar-refractivity contribution in [3.05, 3.63) is 62.6 Å². The zero-order valence-electron chi connectivity index (χ0n) is 12.7. The third-order valence-electron chi connectivity index (χ3n) is 3.70. The van der Waals surface area contributed by atoms with Gasteiger partial charge in [-0.25, -0.2) is 0 Å². The Hall–Kier alpha value is -2.08. The van der Waals surface area contributed by atoms with Gasteiger partial charge in [0.15, 0.2) is 0 Å². The molecule has 0 aromatic heterocycles. The minimum atomic E-state index is -0.458. The Balaban J connectivity index is 1.65. The molecule has 3 rings (SSSR count). The average Bonchev–Trinajstić information content (AvgIpc) is 2.79. The predicted molar refractivity (Wildman–Crippen MR) is 96.5 cm³/mol. The van der Waals surface area contributed by atoms with E-state index >= 15 is 0 Å². The van der Waals surface area contributed by atoms with Gasteiger partial charge in [-0.05, 0) is 36.4 Å². The van der Waals surface area contributed by atoms with Gasteiger partial charge in [0.2, 0.25) is 5.91 Å². The molecule has 3 amide bonds. The van der Waals surface area contributed by atoms with Gasteiger partial charge in [-0.1, -0.05) is 34.8 Å². The SMILES string of the molecule is O=C(CCN1C(=O)c2ccc(Cl)cc2C1=O)Nc1ccc(Cl)cc1Cl. The van der Waals surface area contributed by atoms with Crippen LogP contribution in [0.25, 0.3) is 0 Å². The summed E-state index contributed by atoms with van der Waals surface area (Å²) in [5, 5.41) is 3.75. The molecular formula is C17H11Cl3N2O3. The van der Waals surface area contributed by atoms with Crippen LogP contribution in [-0.2, 0) is 4.79 Å². The van der Waals surface area contributed by atoms with Gasteiger partial charge in [-0.2, -0.15) is 0 Å². The molecule has 5 nitrogen and oxygen atoms in total. The second kappa shape index (κ2) is 7.04. The van der Waals surface area contributed by atoms with Gasteiger partial charge in [0, 0.05) is 23.0 Å². The molecule has 25 heavy (non-hydrogen) atoms. The second-order valence-corrected chi connectivity index (χ2v) is 6.65. The molecule has 8 heteroatoms. The van der Waals surface area contributed by atoms with Crippen LogP contribution in [0.5, 0.6) is 0 Å². The molecular weight excluding hydrogens is 387 g/mol. The van der Waals surface area contributed by atoms with Crippen molar-refractivity contribution < 1.29 is 14.4 Å². The lowest BCUT2D eigenvalue weighted by atomic mass is 10.1. The summed E-state index contributed by atoms with van der Waals surface area (Å²) in [6, 6.07) is 9.18. The maximum absolute atomic E-state index is 12.3. The van der Waals surface area contributed by atoms with Crippen LogP contribution in [-0.4, -0.2) is 29.2 Å². The minimum Gasteiger partial charge on any atom is -0.325 e. The smallest absolute Gasteiger partial charge is 0.261 e. The highest BCUT2D eigenvalue weighted by atomic mass is 35.5. The van der Waals surface area contributed by atoms with Crippen molar-refractivity contribution >= 4 is 58.2 Å². The Morgan fingerprint density at radius 2 is 1.56 bits per heavy atom. The number of nitrogens with one attached hydrogen (secondary N) is 1. The van der Waals surface area contributed by atoms with E-state index < -0.39 is 11.8 Å². The van der Waals surface area contributed by atoms with E-state index in [1.165, 1.54) is 18.2 Å². The lowest BCUT2D eigenvalue weighted by Crippen LogP contribution is -2.32. The van der Waals surface area contributed by atoms with Gasteiger partial charge in [0.25, 0.3) is 11.8 Å². The van der Waals surface area contributed by atoms with Gasteiger partial charge in [-0.3, -0.25) is 19.3 Å². The van der Waals surface area contributed by atoms with Crippen LogP contribution < -0.4 is 5.32 Å². The number of carbonyl (C=O) groups excluding carboxylic acids is 3. The van der Waals surface area contributed by atoms with Gasteiger partial charge in [0.05, 0.1) is 21.8 Å². The zero-order valence-corrected chi connectivity index (χ0v) is 15.0. The lowest BCUT2D eigenvalue weighted by molar-refractivity contribution is -0.116. The largest absolute Gasteiger partial charge is 0.325 e. The molecule has 0 radical (unpaired) electrons. The number of halogens is 3. The third kappa shape index (κ3) is 3.63. The Bertz CT molecular complexity index is 899. The Labute approximate surface area is 158 Å². The first-order valence-electron chi connectivity index (χ1n) is 7.27. The van der Waals surface area contributed by atoms with Crippen LogP contribution in [0.3, 0.4) is 0 Å². The van der Waals surface area contributed by atoms with Crippen molar-refractivity contribution in [3.8, 4) is 0 Å². The first-order valence-corrected chi connectivity index (χ1v) is 8.41. The van der Waals surface area contributed by atoms with E-state index in [0.29, 0.717) is 20.8 Å². The Morgan fingerprint density at radius 3 is 2.28 bits per heavy atom. The van der Waals surface area contributed by atoms with E-state index in [4.69, 9.17) is 34.8 Å². The van der Waals surface area contributed by atoms with E-state index in [2.05, 4.69) is 5.32 Å². The molecule has 0 fully saturated rings. The summed E-state index contributed by atoms with van der Waals surface area (Å²) in [6.45, 7) is -0.0407. The summed E-state index contributed by atoms with van der Waals surface area (Å²) in [6.07, 6.45) is -0.0574. The number of benzene rings is 2. The van der Waals surface area contributed by atoms with Crippen LogP contribution in [0.2, 0.25) is 15.1 Å². The molecule has 2 aromatic rings. The van der Waals surface area contributed by atoms with Crippen LogP contribution in [0, 0.1) is 0 Å². The molecule has 0 atom stereocenters. The number of hydrogen-bond donors (Lipinski definition) is 1. The topological polar surface area (TPSA) is 66.5 Å². The number of amides is 3. The maximum Gasteiger partial charge on any atom is 0.261 e. The summed E-state index contributed by atoms with van der Waals surface area (Å²) in [5.41, 5.74) is 0.944. The molecule has 1 heterocycles. The lowest BCUT2D eigenvalue weighted by Gasteiger charge is -2.14. The number of carbonyl (C=O) groups is 3. The maximum atomic E-state index is 12.3. The molecule has 0 bridgehead atoms. The van der Waals surface area contributed by atoms with Gasteiger partial charge >= 0.3 is 0 Å². The molecule has 0 unspecified atom stereocenters. The molecule has 128 valence electrons. The molecule has 1 aliphatic heterocycles. The van der Waals surface area contributed by atoms with Gasteiger partial charge < -0.3 is 5.32 Å². The van der Waals surface area contributed by atoms with E-state index in [1.807, 2.05) is 0 Å². The summed E-state index contributed by atoms with van der Waals surface area (Å²) >= 11 is 17.7. The molecule has 2 aromatic carbocycles. The zero-order chi connectivity index (χ0) is 18.1. The van der Waals surface area contributed by atoms with Crippen LogP contribution in [0.1, 0.15) is 27.1 Å². The van der Waals surface area contributed by atoms with Crippen molar-refractivity contribution in [1.29, 1.82) is 0 Å². The number of hydrogen-bond acceptors (Lipinski definition) is 3. The summed E-state index contributed by atoms with van der Waals surface area (Å²) in [4.78, 5) is 37.7. The van der Waals surface area contributed by atoms with E-state index in [0.717, 1.165) is 4.90 Å². The van der Waals surface area contributed by atoms with Crippen LogP contribution >= 0.6 is 34.8 Å². The van der Waals surface area contributed by atoms with Crippen molar-refractivity contribution in [2.45, 2.75) is 6.42 Å². The standard InChI is InChI=1S/C17H11Cl3N2O3/c18-9-1-3-11-12(7-9)17(25)22(16(11)24)6-5-15(23)21-14-4-2-10(19)8-13(14)20/h1-4,7-8H,5-6H2,(H,21,23). The Morgan fingerprint density at radius 1 is 0.920 bits per heavy atom. The van der Waals surface area contributed by atoms with Crippen LogP contribution in [0.15, 0.2) is 36.4 Å². The van der Waals surface area contributed by atoms with Crippen molar-refractivity contribution in [3.63, 3.8) is 0 Å². The molecule has 0 spiro atoms. The van der Waals surface area contributed by atoms with E-state index in [9.17, 15) is 14.4 Å². The highest BCUT2D eigenvalue weighted by Crippen LogP contribution is 2.27. The third-order valence-corrected chi connectivity index (χ3v) is 4.48. The monoisotopic (exact) mass is 396 g/mol. The highest BCUT2D eigenvalue weighted by Gasteiger charge is 2.35. The summed E-state index contributed by atoms with van der Waals surface area (Å²) in [5.74, 6) is -1.27. The number of nitrogens with zero attached hydrogens (tertiary/aromatic N) is 1. The van der Waals surface area contributed by atoms with Crippen molar-refractivity contribution in [1.82, 2.24) is 4.90 Å². The molecule has 1 aliphatic rings. The quantitative estimate of drug-likeness (QED) is 0.783. The Kier molecular flexibility index (Phi) is 4.99. The number of anilines is 1. The van der Waals surface area contributed by atoms with E-state index in [1.54, 1.807) is 18.2 Å². The fourth-order valence-corrected chi connectivity index (χ4v) is 3.11. The second-order valence-electron chi connectivity index (χ2n) is 5.37. The molecule has 0 aliphatic carbocycles. The number of imide groups is 1. The van der Waals surface area contributed by atoms with Crippen molar-refractivity contribution in [2.75, 3.05) is 11.9 Å². The number of rotatable bonds is 4. The summed E-state index contributed by atoms with van der Waals surface area (Å²) < 4.78 is 0. The summed E-state index contributed by atoms with van der Waals surface area (Å²) in [7, 11) is 0. The fraction of sp³-hybridized carbons (Fsp3) is 0.118. The predicted octanol–water partition coefficient (Wildman–Crippen LogP) is 4.27. The molecule has 0 saturated heterocycles. The van der Waals surface area contributed by atoms with Crippen LogP contribution in [0.4, 0.5) is 5.69 Å². The first-order chi connectivity index (χ1) is 11.9. The van der Waals surface area contributed by atoms with Gasteiger partial charge in [-0.15, -0.1) is 0 Å². The average molecular weight is 398 g/mol. The normalized spacial score (nSPS) is 13.2. The van der Waals surface area contributed by atoms with E-state index in [-0.39, 0.29) is 30.0 Å². The first kappa shape index (κ1) is 17.7. The molecule has 0 saturated carbocycles. The van der Waals surface area contributed by atoms with Gasteiger partial charge in [0.1, 0.15) is 0 Å². The highest BCUT2D eigenvalue weighted by molar-refractivity contribution is 6.36. The molecule has 1 N–H and O–H groups in total. The number of fused-ring (bicyclic) bond motifs is 1.